The van der Waals surface area contributed by atoms with Crippen LogP contribution in [0.5, 0.6) is 0 Å². The maximum Gasteiger partial charge on any atom is 0.280 e. The van der Waals surface area contributed by atoms with Gasteiger partial charge in [-0.1, -0.05) is 0 Å². The number of hydrogen-bond acceptors (Lipinski definition) is 2. The molecule has 0 N–H and O–H groups in total. The second-order valence-corrected chi connectivity index (χ2v) is 3.57. The van der Waals surface area contributed by atoms with E-state index in [0.717, 1.165) is 30.0 Å². The van der Waals surface area contributed by atoms with E-state index in [-0.39, 0.29) is 5.56 Å². The predicted molar refractivity (Wildman–Crippen MR) is 52.6 cm³/mol. The van der Waals surface area contributed by atoms with Gasteiger partial charge < -0.3 is 0 Å². The molecule has 0 aromatic heterocycles. The van der Waals surface area contributed by atoms with Gasteiger partial charge in [0.25, 0.3) is 5.91 Å². The van der Waals surface area contributed by atoms with Gasteiger partial charge in [-0.15, -0.1) is 0 Å². The van der Waals surface area contributed by atoms with Crippen molar-refractivity contribution < 1.29 is 18.4 Å². The number of carbonyl (C=O) groups excluding carboxylic acids is 1. The Morgan fingerprint density at radius 3 is 2.75 bits per heavy atom. The van der Waals surface area contributed by atoms with Crippen molar-refractivity contribution in [3.05, 3.63) is 35.4 Å². The van der Waals surface area contributed by atoms with E-state index < -0.39 is 17.5 Å². The second-order valence-electron chi connectivity index (χ2n) is 3.57. The molecule has 0 radical (unpaired) electrons. The standard InChI is InChI=1S/C11H11F2NO2/c12-8-3-4-9(10(13)7-8)11(15)14-5-1-2-6-16-14/h3-4,7H,1-2,5-6H2. The first-order chi connectivity index (χ1) is 7.68. The Kier molecular flexibility index (Phi) is 3.14. The fraction of sp³-hybridized carbons (Fsp3) is 0.364. The van der Waals surface area contributed by atoms with Crippen LogP contribution in [0.25, 0.3) is 0 Å². The molecule has 2 rings (SSSR count). The third-order valence-corrected chi connectivity index (χ3v) is 2.39. The summed E-state index contributed by atoms with van der Waals surface area (Å²) < 4.78 is 26.0. The minimum atomic E-state index is -0.862. The molecule has 86 valence electrons. The van der Waals surface area contributed by atoms with Gasteiger partial charge in [0, 0.05) is 12.6 Å². The minimum absolute atomic E-state index is 0.164. The zero-order valence-corrected chi connectivity index (χ0v) is 8.58. The highest BCUT2D eigenvalue weighted by molar-refractivity contribution is 5.93. The Labute approximate surface area is 91.6 Å². The van der Waals surface area contributed by atoms with Crippen LogP contribution in [0.4, 0.5) is 8.78 Å². The lowest BCUT2D eigenvalue weighted by Gasteiger charge is -2.25. The molecule has 0 atom stereocenters. The Balaban J connectivity index is 2.19. The number of hydroxylamine groups is 2. The van der Waals surface area contributed by atoms with E-state index in [9.17, 15) is 13.6 Å². The molecule has 1 saturated heterocycles. The van der Waals surface area contributed by atoms with Gasteiger partial charge in [0.05, 0.1) is 12.2 Å². The van der Waals surface area contributed by atoms with Crippen LogP contribution >= 0.6 is 0 Å². The number of carbonyl (C=O) groups is 1. The zero-order valence-electron chi connectivity index (χ0n) is 8.58. The number of halogens is 2. The van der Waals surface area contributed by atoms with Gasteiger partial charge in [-0.25, -0.2) is 13.8 Å². The van der Waals surface area contributed by atoms with Gasteiger partial charge in [-0.2, -0.15) is 0 Å². The number of nitrogens with zero attached hydrogens (tertiary/aromatic N) is 1. The van der Waals surface area contributed by atoms with Gasteiger partial charge in [-0.3, -0.25) is 9.63 Å². The fourth-order valence-corrected chi connectivity index (χ4v) is 1.55. The third kappa shape index (κ3) is 2.19. The number of hydrogen-bond donors (Lipinski definition) is 0. The zero-order chi connectivity index (χ0) is 11.5. The van der Waals surface area contributed by atoms with Crippen molar-refractivity contribution in [3.8, 4) is 0 Å². The monoisotopic (exact) mass is 227 g/mol. The molecule has 1 aromatic carbocycles. The summed E-state index contributed by atoms with van der Waals surface area (Å²) >= 11 is 0. The summed E-state index contributed by atoms with van der Waals surface area (Å²) in [5.41, 5.74) is -0.164. The SMILES string of the molecule is O=C(c1ccc(F)cc1F)N1CCCCO1. The van der Waals surface area contributed by atoms with Crippen LogP contribution in [0.3, 0.4) is 0 Å². The van der Waals surface area contributed by atoms with Crippen LogP contribution in [-0.4, -0.2) is 24.1 Å². The highest BCUT2D eigenvalue weighted by Gasteiger charge is 2.22. The largest absolute Gasteiger partial charge is 0.280 e. The number of benzene rings is 1. The van der Waals surface area contributed by atoms with Crippen molar-refractivity contribution in [2.24, 2.45) is 0 Å². The highest BCUT2D eigenvalue weighted by Crippen LogP contribution is 2.15. The van der Waals surface area contributed by atoms with Crippen molar-refractivity contribution in [3.63, 3.8) is 0 Å². The molecule has 1 fully saturated rings. The first kappa shape index (κ1) is 11.0. The third-order valence-electron chi connectivity index (χ3n) is 2.39. The Bertz CT molecular complexity index is 403. The molecule has 16 heavy (non-hydrogen) atoms. The van der Waals surface area contributed by atoms with Crippen LogP contribution in [0.1, 0.15) is 23.2 Å². The predicted octanol–water partition coefficient (Wildman–Crippen LogP) is 2.13. The molecule has 0 aliphatic carbocycles. The quantitative estimate of drug-likeness (QED) is 0.735. The fourth-order valence-electron chi connectivity index (χ4n) is 1.55. The lowest BCUT2D eigenvalue weighted by atomic mass is 10.2. The van der Waals surface area contributed by atoms with Crippen molar-refractivity contribution >= 4 is 5.91 Å². The smallest absolute Gasteiger partial charge is 0.271 e. The molecule has 0 bridgehead atoms. The average Bonchev–Trinajstić information content (AvgIpc) is 2.29. The summed E-state index contributed by atoms with van der Waals surface area (Å²) in [4.78, 5) is 16.9. The van der Waals surface area contributed by atoms with Gasteiger partial charge >= 0.3 is 0 Å². The maximum absolute atomic E-state index is 13.3. The second kappa shape index (κ2) is 4.57. The van der Waals surface area contributed by atoms with E-state index in [1.54, 1.807) is 0 Å². The van der Waals surface area contributed by atoms with Gasteiger partial charge in [0.2, 0.25) is 0 Å². The molecule has 1 aliphatic rings. The van der Waals surface area contributed by atoms with Crippen LogP contribution in [0.2, 0.25) is 0 Å². The van der Waals surface area contributed by atoms with Crippen LogP contribution in [0.15, 0.2) is 18.2 Å². The molecule has 0 spiro atoms. The molecule has 3 nitrogen and oxygen atoms in total. The first-order valence-electron chi connectivity index (χ1n) is 5.08. The molecule has 1 aromatic rings. The Hall–Kier alpha value is -1.49. The van der Waals surface area contributed by atoms with E-state index >= 15 is 0 Å². The van der Waals surface area contributed by atoms with E-state index in [0.29, 0.717) is 19.2 Å². The van der Waals surface area contributed by atoms with Crippen molar-refractivity contribution in [2.45, 2.75) is 12.8 Å². The summed E-state index contributed by atoms with van der Waals surface area (Å²) in [6.07, 6.45) is 1.71. The lowest BCUT2D eigenvalue weighted by Crippen LogP contribution is -2.36. The molecule has 5 heteroatoms. The molecule has 0 unspecified atom stereocenters. The molecular formula is C11H11F2NO2. The Morgan fingerprint density at radius 2 is 2.12 bits per heavy atom. The summed E-state index contributed by atoms with van der Waals surface area (Å²) in [6, 6.07) is 2.88. The minimum Gasteiger partial charge on any atom is -0.271 e. The number of rotatable bonds is 1. The van der Waals surface area contributed by atoms with Crippen molar-refractivity contribution in [2.75, 3.05) is 13.2 Å². The highest BCUT2D eigenvalue weighted by atomic mass is 19.1. The molecule has 0 saturated carbocycles. The van der Waals surface area contributed by atoms with E-state index in [4.69, 9.17) is 4.84 Å². The van der Waals surface area contributed by atoms with Gasteiger partial charge in [-0.05, 0) is 25.0 Å². The van der Waals surface area contributed by atoms with E-state index in [2.05, 4.69) is 0 Å². The van der Waals surface area contributed by atoms with Crippen LogP contribution in [0, 0.1) is 11.6 Å². The molecule has 1 aliphatic heterocycles. The van der Waals surface area contributed by atoms with E-state index in [1.807, 2.05) is 0 Å². The molecular weight excluding hydrogens is 216 g/mol. The molecule has 1 heterocycles. The molecule has 1 amide bonds. The summed E-state index contributed by atoms with van der Waals surface area (Å²) in [5, 5.41) is 1.12. The van der Waals surface area contributed by atoms with Crippen LogP contribution in [-0.2, 0) is 4.84 Å². The lowest BCUT2D eigenvalue weighted by molar-refractivity contribution is -0.144. The van der Waals surface area contributed by atoms with Gasteiger partial charge in [0.15, 0.2) is 0 Å². The van der Waals surface area contributed by atoms with Crippen molar-refractivity contribution in [1.82, 2.24) is 5.06 Å². The van der Waals surface area contributed by atoms with Crippen LogP contribution < -0.4 is 0 Å². The van der Waals surface area contributed by atoms with E-state index in [1.165, 1.54) is 0 Å². The van der Waals surface area contributed by atoms with Crippen molar-refractivity contribution in [1.29, 1.82) is 0 Å². The number of amides is 1. The summed E-state index contributed by atoms with van der Waals surface area (Å²) in [5.74, 6) is -2.12. The van der Waals surface area contributed by atoms with Gasteiger partial charge in [0.1, 0.15) is 11.6 Å². The first-order valence-corrected chi connectivity index (χ1v) is 5.08. The summed E-state index contributed by atoms with van der Waals surface area (Å²) in [7, 11) is 0. The Morgan fingerprint density at radius 1 is 1.31 bits per heavy atom. The average molecular weight is 227 g/mol. The normalized spacial score (nSPS) is 16.2. The maximum atomic E-state index is 13.3. The topological polar surface area (TPSA) is 29.5 Å². The summed E-state index contributed by atoms with van der Waals surface area (Å²) in [6.45, 7) is 0.893.